The van der Waals surface area contributed by atoms with Crippen LogP contribution in [0.25, 0.3) is 0 Å². The van der Waals surface area contributed by atoms with Crippen molar-refractivity contribution in [2.45, 2.75) is 34.1 Å². The Labute approximate surface area is 103 Å². The van der Waals surface area contributed by atoms with Gasteiger partial charge in [-0.15, -0.1) is 0 Å². The zero-order valence-corrected chi connectivity index (χ0v) is 11.0. The van der Waals surface area contributed by atoms with E-state index < -0.39 is 0 Å². The molecule has 1 aromatic rings. The van der Waals surface area contributed by atoms with Crippen molar-refractivity contribution in [2.24, 2.45) is 5.92 Å². The molecular formula is C14H21NO2. The zero-order valence-electron chi connectivity index (χ0n) is 11.0. The van der Waals surface area contributed by atoms with Gasteiger partial charge in [0.25, 0.3) is 0 Å². The van der Waals surface area contributed by atoms with Gasteiger partial charge in [-0.25, -0.2) is 4.79 Å². The monoisotopic (exact) mass is 235 g/mol. The molecule has 0 amide bonds. The number of benzene rings is 1. The lowest BCUT2D eigenvalue weighted by atomic mass is 10.0. The summed E-state index contributed by atoms with van der Waals surface area (Å²) in [5.41, 5.74) is 8.94. The molecular weight excluding hydrogens is 214 g/mol. The molecule has 0 saturated carbocycles. The highest BCUT2D eigenvalue weighted by molar-refractivity contribution is 5.96. The standard InChI is InChI=1S/C14H21NO2/c1-9(2)7-8-17-14(16)12-6-5-10(3)11(4)13(12)15/h5-6,9H,7-8,15H2,1-4H3. The molecule has 0 spiro atoms. The van der Waals surface area contributed by atoms with Crippen LogP contribution in [0.5, 0.6) is 0 Å². The summed E-state index contributed by atoms with van der Waals surface area (Å²) in [6, 6.07) is 3.63. The Bertz CT molecular complexity index is 411. The van der Waals surface area contributed by atoms with E-state index in [0.29, 0.717) is 23.8 Å². The van der Waals surface area contributed by atoms with Gasteiger partial charge in [-0.3, -0.25) is 0 Å². The van der Waals surface area contributed by atoms with Gasteiger partial charge in [0.2, 0.25) is 0 Å². The van der Waals surface area contributed by atoms with Crippen LogP contribution in [0.15, 0.2) is 12.1 Å². The summed E-state index contributed by atoms with van der Waals surface area (Å²) in [6.07, 6.45) is 0.872. The Morgan fingerprint density at radius 3 is 2.59 bits per heavy atom. The Kier molecular flexibility index (Phi) is 4.55. The lowest BCUT2D eigenvalue weighted by Crippen LogP contribution is -2.11. The molecule has 3 nitrogen and oxygen atoms in total. The highest BCUT2D eigenvalue weighted by Crippen LogP contribution is 2.21. The van der Waals surface area contributed by atoms with Crippen LogP contribution in [0.4, 0.5) is 5.69 Å². The first-order valence-corrected chi connectivity index (χ1v) is 5.96. The maximum atomic E-state index is 11.8. The number of rotatable bonds is 4. The molecule has 2 N–H and O–H groups in total. The van der Waals surface area contributed by atoms with Crippen molar-refractivity contribution in [2.75, 3.05) is 12.3 Å². The number of nitrogens with two attached hydrogens (primary N) is 1. The van der Waals surface area contributed by atoms with Crippen molar-refractivity contribution in [1.29, 1.82) is 0 Å². The van der Waals surface area contributed by atoms with Crippen LogP contribution in [0.3, 0.4) is 0 Å². The lowest BCUT2D eigenvalue weighted by molar-refractivity contribution is 0.0489. The number of anilines is 1. The molecule has 0 atom stereocenters. The summed E-state index contributed by atoms with van der Waals surface area (Å²) in [4.78, 5) is 11.8. The summed E-state index contributed by atoms with van der Waals surface area (Å²) in [6.45, 7) is 8.52. The van der Waals surface area contributed by atoms with Crippen LogP contribution in [-0.2, 0) is 4.74 Å². The molecule has 1 rings (SSSR count). The maximum absolute atomic E-state index is 11.8. The third-order valence-electron chi connectivity index (χ3n) is 2.93. The molecule has 94 valence electrons. The largest absolute Gasteiger partial charge is 0.462 e. The number of hydrogen-bond donors (Lipinski definition) is 1. The van der Waals surface area contributed by atoms with E-state index in [4.69, 9.17) is 10.5 Å². The fraction of sp³-hybridized carbons (Fsp3) is 0.500. The summed E-state index contributed by atoms with van der Waals surface area (Å²) < 4.78 is 5.20. The smallest absolute Gasteiger partial charge is 0.340 e. The first-order valence-electron chi connectivity index (χ1n) is 5.96. The molecule has 0 bridgehead atoms. The minimum absolute atomic E-state index is 0.328. The molecule has 0 aromatic heterocycles. The van der Waals surface area contributed by atoms with Gasteiger partial charge in [0, 0.05) is 5.69 Å². The molecule has 0 radical (unpaired) electrons. The topological polar surface area (TPSA) is 52.3 Å². The summed E-state index contributed by atoms with van der Waals surface area (Å²) in [5, 5.41) is 0. The predicted octanol–water partition coefficient (Wildman–Crippen LogP) is 3.09. The fourth-order valence-corrected chi connectivity index (χ4v) is 1.48. The number of carbonyl (C=O) groups is 1. The number of ether oxygens (including phenoxy) is 1. The molecule has 3 heteroatoms. The molecule has 0 aliphatic rings. The molecule has 0 saturated heterocycles. The second-order valence-electron chi connectivity index (χ2n) is 4.79. The van der Waals surface area contributed by atoms with Gasteiger partial charge in [0.05, 0.1) is 12.2 Å². The van der Waals surface area contributed by atoms with E-state index in [1.807, 2.05) is 19.9 Å². The van der Waals surface area contributed by atoms with Crippen LogP contribution in [-0.4, -0.2) is 12.6 Å². The summed E-state index contributed by atoms with van der Waals surface area (Å²) in [7, 11) is 0. The van der Waals surface area contributed by atoms with E-state index in [1.54, 1.807) is 6.07 Å². The number of carbonyl (C=O) groups excluding carboxylic acids is 1. The van der Waals surface area contributed by atoms with Gasteiger partial charge >= 0.3 is 5.97 Å². The van der Waals surface area contributed by atoms with Gasteiger partial charge in [-0.2, -0.15) is 0 Å². The minimum atomic E-state index is -0.328. The van der Waals surface area contributed by atoms with Gasteiger partial charge < -0.3 is 10.5 Å². The molecule has 17 heavy (non-hydrogen) atoms. The van der Waals surface area contributed by atoms with Crippen LogP contribution in [0.2, 0.25) is 0 Å². The van der Waals surface area contributed by atoms with E-state index >= 15 is 0 Å². The van der Waals surface area contributed by atoms with Crippen molar-refractivity contribution >= 4 is 11.7 Å². The second-order valence-corrected chi connectivity index (χ2v) is 4.79. The second kappa shape index (κ2) is 5.71. The number of nitrogen functional groups attached to an aromatic ring is 1. The van der Waals surface area contributed by atoms with Gasteiger partial charge in [-0.05, 0) is 43.4 Å². The lowest BCUT2D eigenvalue weighted by Gasteiger charge is -2.11. The number of aryl methyl sites for hydroxylation is 1. The first kappa shape index (κ1) is 13.6. The van der Waals surface area contributed by atoms with Crippen molar-refractivity contribution in [1.82, 2.24) is 0 Å². The Morgan fingerprint density at radius 2 is 2.00 bits per heavy atom. The maximum Gasteiger partial charge on any atom is 0.340 e. The molecule has 0 unspecified atom stereocenters. The predicted molar refractivity (Wildman–Crippen MR) is 70.1 cm³/mol. The third kappa shape index (κ3) is 3.48. The Morgan fingerprint density at radius 1 is 1.35 bits per heavy atom. The Hall–Kier alpha value is -1.51. The quantitative estimate of drug-likeness (QED) is 0.644. The molecule has 0 heterocycles. The molecule has 0 fully saturated rings. The molecule has 0 aliphatic heterocycles. The zero-order chi connectivity index (χ0) is 13.0. The van der Waals surface area contributed by atoms with E-state index in [1.165, 1.54) is 0 Å². The van der Waals surface area contributed by atoms with Crippen molar-refractivity contribution in [3.05, 3.63) is 28.8 Å². The van der Waals surface area contributed by atoms with Crippen molar-refractivity contribution in [3.8, 4) is 0 Å². The highest BCUT2D eigenvalue weighted by Gasteiger charge is 2.13. The minimum Gasteiger partial charge on any atom is -0.462 e. The van der Waals surface area contributed by atoms with E-state index in [-0.39, 0.29) is 5.97 Å². The van der Waals surface area contributed by atoms with E-state index in [2.05, 4.69) is 13.8 Å². The number of hydrogen-bond acceptors (Lipinski definition) is 3. The van der Waals surface area contributed by atoms with Crippen LogP contribution in [0.1, 0.15) is 41.8 Å². The van der Waals surface area contributed by atoms with Gasteiger partial charge in [-0.1, -0.05) is 19.9 Å². The van der Waals surface area contributed by atoms with E-state index in [9.17, 15) is 4.79 Å². The fourth-order valence-electron chi connectivity index (χ4n) is 1.48. The summed E-state index contributed by atoms with van der Waals surface area (Å²) >= 11 is 0. The van der Waals surface area contributed by atoms with Gasteiger partial charge in [0.1, 0.15) is 0 Å². The number of esters is 1. The highest BCUT2D eigenvalue weighted by atomic mass is 16.5. The van der Waals surface area contributed by atoms with Gasteiger partial charge in [0.15, 0.2) is 0 Å². The molecule has 1 aromatic carbocycles. The third-order valence-corrected chi connectivity index (χ3v) is 2.93. The van der Waals surface area contributed by atoms with Crippen molar-refractivity contribution in [3.63, 3.8) is 0 Å². The average Bonchev–Trinajstić information content (AvgIpc) is 2.25. The van der Waals surface area contributed by atoms with Crippen molar-refractivity contribution < 1.29 is 9.53 Å². The normalized spacial score (nSPS) is 10.6. The van der Waals surface area contributed by atoms with Crippen LogP contribution in [0, 0.1) is 19.8 Å². The first-order chi connectivity index (χ1) is 7.93. The average molecular weight is 235 g/mol. The Balaban J connectivity index is 2.73. The summed E-state index contributed by atoms with van der Waals surface area (Å²) in [5.74, 6) is 0.200. The SMILES string of the molecule is Cc1ccc(C(=O)OCCC(C)C)c(N)c1C. The molecule has 0 aliphatic carbocycles. The van der Waals surface area contributed by atoms with Crippen LogP contribution >= 0.6 is 0 Å². The van der Waals surface area contributed by atoms with Crippen LogP contribution < -0.4 is 5.73 Å². The van der Waals surface area contributed by atoms with E-state index in [0.717, 1.165) is 17.5 Å².